The van der Waals surface area contributed by atoms with Crippen LogP contribution in [0.15, 0.2) is 65.2 Å². The second kappa shape index (κ2) is 6.40. The van der Waals surface area contributed by atoms with Gasteiger partial charge in [-0.3, -0.25) is 4.79 Å². The number of fused-ring (bicyclic) bond motifs is 2. The quantitative estimate of drug-likeness (QED) is 0.515. The number of furan rings is 1. The Morgan fingerprint density at radius 3 is 2.69 bits per heavy atom. The first-order valence-corrected chi connectivity index (χ1v) is 8.19. The monoisotopic (exact) mass is 348 g/mol. The number of para-hydroxylation sites is 2. The fourth-order valence-electron chi connectivity index (χ4n) is 3.04. The van der Waals surface area contributed by atoms with Crippen molar-refractivity contribution in [1.29, 1.82) is 0 Å². The van der Waals surface area contributed by atoms with Crippen molar-refractivity contribution in [2.45, 2.75) is 12.5 Å². The molecule has 0 aliphatic carbocycles. The standard InChI is InChI=1S/C20H16N2O4/c23-19(18-10-12-5-1-4-8-17(12)26-18)22-16(20(24)25)9-13-11-21-15-7-3-2-6-14(13)15/h1-8,10-11,16,21H,9H2,(H,22,23)(H,24,25). The van der Waals surface area contributed by atoms with Crippen molar-refractivity contribution in [2.75, 3.05) is 0 Å². The second-order valence-electron chi connectivity index (χ2n) is 6.08. The predicted octanol–water partition coefficient (Wildman–Crippen LogP) is 3.34. The highest BCUT2D eigenvalue weighted by Gasteiger charge is 2.24. The van der Waals surface area contributed by atoms with Gasteiger partial charge in [-0.05, 0) is 23.8 Å². The molecule has 3 N–H and O–H groups in total. The minimum Gasteiger partial charge on any atom is -0.480 e. The van der Waals surface area contributed by atoms with Gasteiger partial charge in [0, 0.05) is 28.9 Å². The Hall–Kier alpha value is -3.54. The van der Waals surface area contributed by atoms with E-state index in [0.29, 0.717) is 5.58 Å². The molecule has 1 unspecified atom stereocenters. The minimum atomic E-state index is -1.10. The lowest BCUT2D eigenvalue weighted by atomic mass is 10.0. The van der Waals surface area contributed by atoms with Crippen molar-refractivity contribution in [3.05, 3.63) is 72.1 Å². The van der Waals surface area contributed by atoms with E-state index in [-0.39, 0.29) is 12.2 Å². The van der Waals surface area contributed by atoms with Crippen LogP contribution in [-0.4, -0.2) is 28.0 Å². The molecule has 2 heterocycles. The molecule has 130 valence electrons. The van der Waals surface area contributed by atoms with Crippen molar-refractivity contribution in [3.63, 3.8) is 0 Å². The lowest BCUT2D eigenvalue weighted by Crippen LogP contribution is -2.42. The van der Waals surface area contributed by atoms with Crippen LogP contribution in [-0.2, 0) is 11.2 Å². The van der Waals surface area contributed by atoms with Gasteiger partial charge in [0.25, 0.3) is 5.91 Å². The molecule has 0 radical (unpaired) electrons. The first-order valence-electron chi connectivity index (χ1n) is 8.19. The second-order valence-corrected chi connectivity index (χ2v) is 6.08. The lowest BCUT2D eigenvalue weighted by Gasteiger charge is -2.13. The molecule has 4 rings (SSSR count). The van der Waals surface area contributed by atoms with E-state index in [2.05, 4.69) is 10.3 Å². The number of aromatic nitrogens is 1. The number of hydrogen-bond acceptors (Lipinski definition) is 3. The Balaban J connectivity index is 1.56. The molecule has 4 aromatic rings. The van der Waals surface area contributed by atoms with E-state index in [1.807, 2.05) is 42.5 Å². The van der Waals surface area contributed by atoms with Gasteiger partial charge in [-0.2, -0.15) is 0 Å². The summed E-state index contributed by atoms with van der Waals surface area (Å²) in [5, 5.41) is 13.8. The zero-order valence-corrected chi connectivity index (χ0v) is 13.7. The van der Waals surface area contributed by atoms with Gasteiger partial charge < -0.3 is 19.8 Å². The van der Waals surface area contributed by atoms with Gasteiger partial charge in [-0.15, -0.1) is 0 Å². The smallest absolute Gasteiger partial charge is 0.326 e. The highest BCUT2D eigenvalue weighted by atomic mass is 16.4. The largest absolute Gasteiger partial charge is 0.480 e. The Morgan fingerprint density at radius 2 is 1.88 bits per heavy atom. The van der Waals surface area contributed by atoms with Crippen LogP contribution in [0.3, 0.4) is 0 Å². The molecule has 6 nitrogen and oxygen atoms in total. The zero-order chi connectivity index (χ0) is 18.1. The average Bonchev–Trinajstić information content (AvgIpc) is 3.25. The summed E-state index contributed by atoms with van der Waals surface area (Å²) in [7, 11) is 0. The molecule has 26 heavy (non-hydrogen) atoms. The maximum Gasteiger partial charge on any atom is 0.326 e. The molecule has 0 aliphatic rings. The maximum atomic E-state index is 12.4. The van der Waals surface area contributed by atoms with E-state index < -0.39 is 17.9 Å². The molecule has 1 atom stereocenters. The highest BCUT2D eigenvalue weighted by Crippen LogP contribution is 2.21. The van der Waals surface area contributed by atoms with E-state index in [1.165, 1.54) is 0 Å². The first kappa shape index (κ1) is 16.0. The van der Waals surface area contributed by atoms with E-state index in [9.17, 15) is 14.7 Å². The molecular weight excluding hydrogens is 332 g/mol. The van der Waals surface area contributed by atoms with Crippen molar-refractivity contribution >= 4 is 33.7 Å². The first-order chi connectivity index (χ1) is 12.6. The number of carbonyl (C=O) groups is 2. The highest BCUT2D eigenvalue weighted by molar-refractivity contribution is 5.98. The molecular formula is C20H16N2O4. The third-order valence-corrected chi connectivity index (χ3v) is 4.35. The van der Waals surface area contributed by atoms with Crippen LogP contribution in [0, 0.1) is 0 Å². The number of carbonyl (C=O) groups excluding carboxylic acids is 1. The summed E-state index contributed by atoms with van der Waals surface area (Å²) in [6.45, 7) is 0. The van der Waals surface area contributed by atoms with Crippen molar-refractivity contribution in [1.82, 2.24) is 10.3 Å². The zero-order valence-electron chi connectivity index (χ0n) is 13.7. The summed E-state index contributed by atoms with van der Waals surface area (Å²) in [6.07, 6.45) is 1.94. The Bertz CT molecular complexity index is 1080. The maximum absolute atomic E-state index is 12.4. The predicted molar refractivity (Wildman–Crippen MR) is 97.1 cm³/mol. The van der Waals surface area contributed by atoms with Crippen LogP contribution in [0.1, 0.15) is 16.1 Å². The summed E-state index contributed by atoms with van der Waals surface area (Å²) in [5.74, 6) is -1.55. The van der Waals surface area contributed by atoms with Gasteiger partial charge in [0.15, 0.2) is 5.76 Å². The molecule has 6 heteroatoms. The van der Waals surface area contributed by atoms with E-state index in [0.717, 1.165) is 21.9 Å². The van der Waals surface area contributed by atoms with Crippen LogP contribution >= 0.6 is 0 Å². The third kappa shape index (κ3) is 2.93. The normalized spacial score (nSPS) is 12.3. The van der Waals surface area contributed by atoms with E-state index in [4.69, 9.17) is 4.42 Å². The Labute approximate surface area is 148 Å². The number of aromatic amines is 1. The number of carboxylic acids is 1. The van der Waals surface area contributed by atoms with Crippen LogP contribution in [0.2, 0.25) is 0 Å². The topological polar surface area (TPSA) is 95.3 Å². The van der Waals surface area contributed by atoms with Gasteiger partial charge in [0.1, 0.15) is 11.6 Å². The summed E-state index contributed by atoms with van der Waals surface area (Å²) in [6, 6.07) is 15.4. The molecule has 2 aromatic heterocycles. The molecule has 0 aliphatic heterocycles. The van der Waals surface area contributed by atoms with Gasteiger partial charge >= 0.3 is 5.97 Å². The SMILES string of the molecule is O=C(NC(Cc1c[nH]c2ccccc12)C(=O)O)c1cc2ccccc2o1. The Kier molecular flexibility index (Phi) is 3.93. The van der Waals surface area contributed by atoms with Gasteiger partial charge in [0.05, 0.1) is 0 Å². The van der Waals surface area contributed by atoms with E-state index >= 15 is 0 Å². The van der Waals surface area contributed by atoms with Crippen molar-refractivity contribution in [3.8, 4) is 0 Å². The van der Waals surface area contributed by atoms with Crippen LogP contribution in [0.5, 0.6) is 0 Å². The molecule has 0 saturated carbocycles. The molecule has 0 saturated heterocycles. The van der Waals surface area contributed by atoms with Crippen LogP contribution in [0.25, 0.3) is 21.9 Å². The fourth-order valence-corrected chi connectivity index (χ4v) is 3.04. The number of hydrogen-bond donors (Lipinski definition) is 3. The number of H-pyrrole nitrogens is 1. The lowest BCUT2D eigenvalue weighted by molar-refractivity contribution is -0.139. The van der Waals surface area contributed by atoms with Crippen molar-refractivity contribution < 1.29 is 19.1 Å². The fraction of sp³-hybridized carbons (Fsp3) is 0.100. The average molecular weight is 348 g/mol. The van der Waals surface area contributed by atoms with Gasteiger partial charge in [-0.25, -0.2) is 4.79 Å². The number of nitrogens with one attached hydrogen (secondary N) is 2. The number of aliphatic carboxylic acids is 1. The number of amides is 1. The number of benzene rings is 2. The number of rotatable bonds is 5. The van der Waals surface area contributed by atoms with Gasteiger partial charge in [-0.1, -0.05) is 36.4 Å². The molecule has 0 spiro atoms. The van der Waals surface area contributed by atoms with E-state index in [1.54, 1.807) is 18.3 Å². The molecule has 2 aromatic carbocycles. The van der Waals surface area contributed by atoms with Crippen LogP contribution in [0.4, 0.5) is 0 Å². The molecule has 0 fully saturated rings. The minimum absolute atomic E-state index is 0.0939. The molecule has 1 amide bonds. The van der Waals surface area contributed by atoms with Crippen LogP contribution < -0.4 is 5.32 Å². The number of carboxylic acid groups (broad SMARTS) is 1. The van der Waals surface area contributed by atoms with Crippen molar-refractivity contribution in [2.24, 2.45) is 0 Å². The summed E-state index contributed by atoms with van der Waals surface area (Å²) in [4.78, 5) is 27.2. The van der Waals surface area contributed by atoms with Gasteiger partial charge in [0.2, 0.25) is 0 Å². The summed E-state index contributed by atoms with van der Waals surface area (Å²) >= 11 is 0. The molecule has 0 bridgehead atoms. The summed E-state index contributed by atoms with van der Waals surface area (Å²) < 4.78 is 5.50. The Morgan fingerprint density at radius 1 is 1.12 bits per heavy atom. The summed E-state index contributed by atoms with van der Waals surface area (Å²) in [5.41, 5.74) is 2.34. The third-order valence-electron chi connectivity index (χ3n) is 4.35.